The maximum atomic E-state index is 12.6. The van der Waals surface area contributed by atoms with E-state index in [4.69, 9.17) is 34.7 Å². The van der Waals surface area contributed by atoms with Crippen LogP contribution in [0, 0.1) is 0 Å². The average Bonchev–Trinajstić information content (AvgIpc) is 3.31. The number of thioether (sulfide) groups is 1. The highest BCUT2D eigenvalue weighted by molar-refractivity contribution is 7.99. The van der Waals surface area contributed by atoms with Crippen LogP contribution in [0.1, 0.15) is 34.6 Å². The number of azo groups is 2. The molecule has 7 rings (SSSR count). The number of benzene rings is 6. The Morgan fingerprint density at radius 1 is 0.600 bits per heavy atom. The maximum Gasteiger partial charge on any atom is 0.296 e. The molecule has 0 aliphatic carbocycles. The van der Waals surface area contributed by atoms with Crippen molar-refractivity contribution in [1.29, 1.82) is 0 Å². The molecule has 0 aliphatic heterocycles. The first-order valence-electron chi connectivity index (χ1n) is 21.2. The van der Waals surface area contributed by atoms with Crippen LogP contribution in [0.25, 0.3) is 21.5 Å². The Hall–Kier alpha value is -6.89. The predicted molar refractivity (Wildman–Crippen MR) is 262 cm³/mol. The number of ether oxygens (including phenoxy) is 2. The van der Waals surface area contributed by atoms with Crippen molar-refractivity contribution in [3.05, 3.63) is 103 Å². The summed E-state index contributed by atoms with van der Waals surface area (Å²) in [5, 5.41) is 29.0. The second-order valence-electron chi connectivity index (χ2n) is 14.4. The number of anilines is 6. The summed E-state index contributed by atoms with van der Waals surface area (Å²) < 4.78 is 47.2. The fraction of sp³-hybridized carbons (Fsp3) is 0.255. The third-order valence-corrected chi connectivity index (χ3v) is 12.2. The van der Waals surface area contributed by atoms with Gasteiger partial charge in [0, 0.05) is 49.1 Å². The van der Waals surface area contributed by atoms with Crippen molar-refractivity contribution in [3.8, 4) is 11.5 Å². The van der Waals surface area contributed by atoms with Crippen molar-refractivity contribution in [2.24, 2.45) is 20.5 Å². The number of nitrogens with one attached hydrogen (secondary N) is 2. The molecule has 65 heavy (non-hydrogen) atoms. The highest BCUT2D eigenvalue weighted by atomic mass is 32.2. The van der Waals surface area contributed by atoms with E-state index < -0.39 is 10.1 Å². The lowest BCUT2D eigenvalue weighted by molar-refractivity contribution is 0.414. The molecule has 0 saturated heterocycles. The first-order valence-corrected chi connectivity index (χ1v) is 23.6. The number of hydrogen-bond acceptors (Lipinski definition) is 16. The summed E-state index contributed by atoms with van der Waals surface area (Å²) in [6.45, 7) is 13.1. The van der Waals surface area contributed by atoms with Crippen molar-refractivity contribution in [2.45, 2.75) is 44.7 Å². The van der Waals surface area contributed by atoms with E-state index in [9.17, 15) is 13.0 Å². The predicted octanol–water partition coefficient (Wildman–Crippen LogP) is 12.6. The minimum Gasteiger partial charge on any atom is -0.494 e. The minimum atomic E-state index is -4.67. The number of hydrogen-bond donors (Lipinski definition) is 3. The van der Waals surface area contributed by atoms with E-state index >= 15 is 0 Å². The topological polar surface area (TPSA) is 191 Å². The molecule has 0 amide bonds. The van der Waals surface area contributed by atoms with Gasteiger partial charge in [-0.15, -0.1) is 20.5 Å². The highest BCUT2D eigenvalue weighted by Crippen LogP contribution is 2.44. The molecular formula is C47H51N11O5S2. The molecule has 0 unspecified atom stereocenters. The van der Waals surface area contributed by atoms with Gasteiger partial charge >= 0.3 is 0 Å². The molecule has 3 N–H and O–H groups in total. The first kappa shape index (κ1) is 46.1. The van der Waals surface area contributed by atoms with Crippen LogP contribution in [0.4, 0.5) is 57.4 Å². The van der Waals surface area contributed by atoms with E-state index in [1.807, 2.05) is 93.6 Å². The third kappa shape index (κ3) is 10.4. The maximum absolute atomic E-state index is 12.6. The zero-order valence-electron chi connectivity index (χ0n) is 37.3. The summed E-state index contributed by atoms with van der Waals surface area (Å²) in [4.78, 5) is 18.4. The molecule has 0 saturated carbocycles. The summed E-state index contributed by atoms with van der Waals surface area (Å²) in [6, 6.07) is 31.3. The second-order valence-corrected chi connectivity index (χ2v) is 17.0. The zero-order chi connectivity index (χ0) is 46.1. The van der Waals surface area contributed by atoms with Crippen LogP contribution in [0.15, 0.2) is 134 Å². The zero-order valence-corrected chi connectivity index (χ0v) is 38.9. The van der Waals surface area contributed by atoms with E-state index in [1.54, 1.807) is 38.5 Å². The van der Waals surface area contributed by atoms with Gasteiger partial charge in [0.15, 0.2) is 5.16 Å². The van der Waals surface area contributed by atoms with E-state index in [1.165, 1.54) is 17.8 Å². The number of aromatic nitrogens is 3. The smallest absolute Gasteiger partial charge is 0.296 e. The number of nitrogens with zero attached hydrogens (tertiary/aromatic N) is 9. The van der Waals surface area contributed by atoms with Gasteiger partial charge in [-0.25, -0.2) is 0 Å². The molecule has 6 aromatic carbocycles. The molecule has 0 bridgehead atoms. The molecule has 0 aliphatic rings. The van der Waals surface area contributed by atoms with E-state index in [-0.39, 0.29) is 28.2 Å². The van der Waals surface area contributed by atoms with Crippen LogP contribution in [0.2, 0.25) is 0 Å². The second kappa shape index (κ2) is 20.7. The van der Waals surface area contributed by atoms with E-state index in [0.717, 1.165) is 35.2 Å². The fourth-order valence-electron chi connectivity index (χ4n) is 7.39. The van der Waals surface area contributed by atoms with E-state index in [0.29, 0.717) is 69.0 Å². The highest BCUT2D eigenvalue weighted by Gasteiger charge is 2.22. The number of rotatable bonds is 19. The Labute approximate surface area is 383 Å². The van der Waals surface area contributed by atoms with Gasteiger partial charge in [0.2, 0.25) is 11.9 Å². The molecular weight excluding hydrogens is 863 g/mol. The van der Waals surface area contributed by atoms with Crippen LogP contribution in [0.3, 0.4) is 0 Å². The largest absolute Gasteiger partial charge is 0.494 e. The van der Waals surface area contributed by atoms with Gasteiger partial charge in [0.05, 0.1) is 42.7 Å². The summed E-state index contributed by atoms with van der Waals surface area (Å²) >= 11 is 1.43. The number of methoxy groups -OCH3 is 2. The van der Waals surface area contributed by atoms with Gasteiger partial charge in [-0.1, -0.05) is 85.4 Å². The van der Waals surface area contributed by atoms with Crippen LogP contribution in [0.5, 0.6) is 11.5 Å². The average molecular weight is 914 g/mol. The summed E-state index contributed by atoms with van der Waals surface area (Å²) in [5.41, 5.74) is 4.09. The fourth-order valence-corrected chi connectivity index (χ4v) is 8.58. The van der Waals surface area contributed by atoms with Crippen molar-refractivity contribution >= 4 is 101 Å². The quantitative estimate of drug-likeness (QED) is 0.0395. The Morgan fingerprint density at radius 2 is 1.09 bits per heavy atom. The molecule has 18 heteroatoms. The Bertz CT molecular complexity index is 2990. The van der Waals surface area contributed by atoms with Crippen molar-refractivity contribution in [1.82, 2.24) is 15.0 Å². The van der Waals surface area contributed by atoms with Crippen LogP contribution >= 0.6 is 11.8 Å². The van der Waals surface area contributed by atoms with Crippen LogP contribution in [-0.2, 0) is 10.1 Å². The van der Waals surface area contributed by atoms with Crippen molar-refractivity contribution in [3.63, 3.8) is 0 Å². The lowest BCUT2D eigenvalue weighted by Crippen LogP contribution is -2.22. The standard InChI is InChI=1S/C47H51N11O5S2/c1-8-57(9-2)39-26-35(37(28-41(39)62-6)54-53-34-23-17-20-30-18-13-15-21-32(30)34)48-45-50-46(52-47(51-45)64-12-5)49-36-27-40(58(10-3)11-4)42(63-7)29-38(36)55-56-44-33-22-16-14-19-31(33)24-25-43(44)65(59,60)61/h13-29H,8-12H2,1-7H3,(H,59,60,61)(H2,48,49,50,51,52). The Balaban J connectivity index is 1.35. The van der Waals surface area contributed by atoms with Crippen molar-refractivity contribution in [2.75, 3.05) is 66.6 Å². The summed E-state index contributed by atoms with van der Waals surface area (Å²) in [6.07, 6.45) is 0. The summed E-state index contributed by atoms with van der Waals surface area (Å²) in [7, 11) is -1.47. The molecule has 1 heterocycles. The van der Waals surface area contributed by atoms with Crippen LogP contribution in [-0.4, -0.2) is 74.1 Å². The molecule has 0 radical (unpaired) electrons. The molecule has 16 nitrogen and oxygen atoms in total. The van der Waals surface area contributed by atoms with Gasteiger partial charge in [0.1, 0.15) is 33.5 Å². The molecule has 336 valence electrons. The Morgan fingerprint density at radius 3 is 1.62 bits per heavy atom. The SMILES string of the molecule is CCSc1nc(Nc2cc(N(CC)CC)c(OC)cc2N=Nc2cccc3ccccc23)nc(Nc2cc(N(CC)CC)c(OC)cc2N=Nc2c(S(=O)(=O)O)ccc3ccccc23)n1. The molecule has 0 fully saturated rings. The molecule has 1 aromatic heterocycles. The van der Waals surface area contributed by atoms with Crippen molar-refractivity contribution < 1.29 is 22.4 Å². The van der Waals surface area contributed by atoms with Gasteiger partial charge in [0.25, 0.3) is 10.1 Å². The van der Waals surface area contributed by atoms with Crippen LogP contribution < -0.4 is 29.9 Å². The third-order valence-electron chi connectivity index (χ3n) is 10.6. The first-order chi connectivity index (χ1) is 31.5. The molecule has 7 aromatic rings. The van der Waals surface area contributed by atoms with Gasteiger partial charge < -0.3 is 29.9 Å². The lowest BCUT2D eigenvalue weighted by Gasteiger charge is -2.25. The Kier molecular flexibility index (Phi) is 14.7. The normalized spacial score (nSPS) is 11.8. The lowest BCUT2D eigenvalue weighted by atomic mass is 10.1. The molecule has 0 atom stereocenters. The van der Waals surface area contributed by atoms with Gasteiger partial charge in [-0.2, -0.15) is 23.4 Å². The van der Waals surface area contributed by atoms with Gasteiger partial charge in [-0.05, 0) is 68.5 Å². The monoisotopic (exact) mass is 913 g/mol. The molecule has 0 spiro atoms. The number of fused-ring (bicyclic) bond motifs is 2. The van der Waals surface area contributed by atoms with Gasteiger partial charge in [-0.3, -0.25) is 4.55 Å². The van der Waals surface area contributed by atoms with E-state index in [2.05, 4.69) is 44.5 Å². The minimum absolute atomic E-state index is 0.0198. The summed E-state index contributed by atoms with van der Waals surface area (Å²) in [5.74, 6) is 2.23.